The predicted molar refractivity (Wildman–Crippen MR) is 99.1 cm³/mol. The number of sulfonamides is 1. The molecule has 5 nitrogen and oxygen atoms in total. The van der Waals surface area contributed by atoms with Crippen molar-refractivity contribution >= 4 is 26.5 Å². The van der Waals surface area contributed by atoms with Crippen molar-refractivity contribution in [1.29, 1.82) is 0 Å². The van der Waals surface area contributed by atoms with E-state index in [2.05, 4.69) is 0 Å². The van der Waals surface area contributed by atoms with Crippen molar-refractivity contribution in [3.63, 3.8) is 0 Å². The Balaban J connectivity index is 2.03. The minimum Gasteiger partial charge on any atom is -0.493 e. The van der Waals surface area contributed by atoms with Gasteiger partial charge in [0, 0.05) is 13.1 Å². The summed E-state index contributed by atoms with van der Waals surface area (Å²) in [6, 6.07) is 17.9. The highest BCUT2D eigenvalue weighted by atomic mass is 32.2. The molecule has 0 saturated heterocycles. The average molecular weight is 357 g/mol. The predicted octanol–water partition coefficient (Wildman–Crippen LogP) is 3.68. The molecule has 0 N–H and O–H groups in total. The number of nitrogens with zero attached hydrogens (tertiary/aromatic N) is 1. The van der Waals surface area contributed by atoms with Crippen LogP contribution in [0.3, 0.4) is 0 Å². The molecule has 0 saturated carbocycles. The van der Waals surface area contributed by atoms with Crippen LogP contribution in [0.25, 0.3) is 10.8 Å². The molecule has 0 unspecified atom stereocenters. The van der Waals surface area contributed by atoms with Crippen molar-refractivity contribution in [2.75, 3.05) is 25.6 Å². The normalized spacial score (nSPS) is 11.3. The fraction of sp³-hybridized carbons (Fsp3) is 0.158. The minimum absolute atomic E-state index is 0.140. The average Bonchev–Trinajstić information content (AvgIpc) is 2.66. The van der Waals surface area contributed by atoms with Gasteiger partial charge in [-0.2, -0.15) is 0 Å². The van der Waals surface area contributed by atoms with E-state index >= 15 is 0 Å². The molecule has 3 aromatic rings. The molecule has 0 atom stereocenters. The first-order valence-electron chi connectivity index (χ1n) is 7.67. The van der Waals surface area contributed by atoms with E-state index in [1.807, 2.05) is 36.4 Å². The SMILES string of the molecule is COc1ccc(S(=O)(=O)N(C)c2ccc3ccccc3c2)cc1OC. The van der Waals surface area contributed by atoms with Crippen molar-refractivity contribution in [1.82, 2.24) is 0 Å². The van der Waals surface area contributed by atoms with Crippen LogP contribution >= 0.6 is 0 Å². The van der Waals surface area contributed by atoms with Crippen molar-refractivity contribution in [2.45, 2.75) is 4.90 Å². The molecule has 0 radical (unpaired) electrons. The number of anilines is 1. The second-order valence-corrected chi connectivity index (χ2v) is 7.49. The topological polar surface area (TPSA) is 55.8 Å². The second kappa shape index (κ2) is 6.64. The van der Waals surface area contributed by atoms with Crippen LogP contribution in [-0.2, 0) is 10.0 Å². The molecular weight excluding hydrogens is 338 g/mol. The maximum Gasteiger partial charge on any atom is 0.264 e. The van der Waals surface area contributed by atoms with E-state index in [0.717, 1.165) is 10.8 Å². The minimum atomic E-state index is -3.72. The van der Waals surface area contributed by atoms with Gasteiger partial charge in [-0.3, -0.25) is 4.31 Å². The lowest BCUT2D eigenvalue weighted by molar-refractivity contribution is 0.354. The number of hydrogen-bond acceptors (Lipinski definition) is 4. The van der Waals surface area contributed by atoms with Crippen LogP contribution in [0, 0.1) is 0 Å². The van der Waals surface area contributed by atoms with Crippen molar-refractivity contribution in [3.8, 4) is 11.5 Å². The van der Waals surface area contributed by atoms with E-state index < -0.39 is 10.0 Å². The highest BCUT2D eigenvalue weighted by molar-refractivity contribution is 7.92. The van der Waals surface area contributed by atoms with E-state index in [1.165, 1.54) is 37.7 Å². The number of hydrogen-bond donors (Lipinski definition) is 0. The Bertz CT molecular complexity index is 1010. The van der Waals surface area contributed by atoms with E-state index in [0.29, 0.717) is 17.2 Å². The fourth-order valence-electron chi connectivity index (χ4n) is 2.65. The zero-order valence-electron chi connectivity index (χ0n) is 14.3. The summed E-state index contributed by atoms with van der Waals surface area (Å²) in [5.41, 5.74) is 0.591. The lowest BCUT2D eigenvalue weighted by Crippen LogP contribution is -2.26. The number of benzene rings is 3. The summed E-state index contributed by atoms with van der Waals surface area (Å²) in [5, 5.41) is 2.04. The van der Waals surface area contributed by atoms with E-state index in [4.69, 9.17) is 9.47 Å². The quantitative estimate of drug-likeness (QED) is 0.699. The third-order valence-electron chi connectivity index (χ3n) is 4.11. The number of methoxy groups -OCH3 is 2. The number of rotatable bonds is 5. The number of fused-ring (bicyclic) bond motifs is 1. The maximum atomic E-state index is 13.0. The highest BCUT2D eigenvalue weighted by Crippen LogP contribution is 2.32. The summed E-state index contributed by atoms with van der Waals surface area (Å²) in [4.78, 5) is 0.140. The summed E-state index contributed by atoms with van der Waals surface area (Å²) < 4.78 is 37.6. The Morgan fingerprint density at radius 1 is 0.800 bits per heavy atom. The summed E-state index contributed by atoms with van der Waals surface area (Å²) in [6.07, 6.45) is 0. The Hall–Kier alpha value is -2.73. The molecule has 0 heterocycles. The largest absolute Gasteiger partial charge is 0.493 e. The molecule has 130 valence electrons. The molecule has 0 aliphatic rings. The molecule has 0 aliphatic heterocycles. The Morgan fingerprint density at radius 3 is 2.16 bits per heavy atom. The molecule has 0 amide bonds. The van der Waals surface area contributed by atoms with E-state index in [-0.39, 0.29) is 4.90 Å². The van der Waals surface area contributed by atoms with Gasteiger partial charge in [-0.25, -0.2) is 8.42 Å². The lowest BCUT2D eigenvalue weighted by atomic mass is 10.1. The van der Waals surface area contributed by atoms with Gasteiger partial charge in [0.15, 0.2) is 11.5 Å². The van der Waals surface area contributed by atoms with Gasteiger partial charge in [-0.1, -0.05) is 30.3 Å². The first-order valence-corrected chi connectivity index (χ1v) is 9.11. The summed E-state index contributed by atoms with van der Waals surface area (Å²) in [7, 11) is 0.798. The zero-order valence-corrected chi connectivity index (χ0v) is 15.1. The van der Waals surface area contributed by atoms with Crippen molar-refractivity contribution < 1.29 is 17.9 Å². The van der Waals surface area contributed by atoms with Gasteiger partial charge in [0.05, 0.1) is 24.8 Å². The maximum absolute atomic E-state index is 13.0. The van der Waals surface area contributed by atoms with Crippen LogP contribution < -0.4 is 13.8 Å². The van der Waals surface area contributed by atoms with Gasteiger partial charge < -0.3 is 9.47 Å². The zero-order chi connectivity index (χ0) is 18.0. The lowest BCUT2D eigenvalue weighted by Gasteiger charge is -2.20. The molecule has 0 spiro atoms. The van der Waals surface area contributed by atoms with Crippen LogP contribution in [-0.4, -0.2) is 29.7 Å². The Morgan fingerprint density at radius 2 is 1.48 bits per heavy atom. The van der Waals surface area contributed by atoms with Crippen molar-refractivity contribution in [3.05, 3.63) is 60.7 Å². The Labute approximate surface area is 147 Å². The van der Waals surface area contributed by atoms with Gasteiger partial charge in [-0.15, -0.1) is 0 Å². The van der Waals surface area contributed by atoms with Gasteiger partial charge in [-0.05, 0) is 35.0 Å². The molecular formula is C19H19NO4S. The van der Waals surface area contributed by atoms with Gasteiger partial charge in [0.25, 0.3) is 10.0 Å². The van der Waals surface area contributed by atoms with E-state index in [9.17, 15) is 8.42 Å². The smallest absolute Gasteiger partial charge is 0.264 e. The molecule has 0 fully saturated rings. The first-order chi connectivity index (χ1) is 12.0. The van der Waals surface area contributed by atoms with Gasteiger partial charge in [0.1, 0.15) is 0 Å². The third-order valence-corrected chi connectivity index (χ3v) is 5.89. The molecule has 0 aromatic heterocycles. The third kappa shape index (κ3) is 3.13. The molecule has 0 aliphatic carbocycles. The summed E-state index contributed by atoms with van der Waals surface area (Å²) in [5.74, 6) is 0.852. The first kappa shape index (κ1) is 17.1. The summed E-state index contributed by atoms with van der Waals surface area (Å²) >= 11 is 0. The molecule has 3 aromatic carbocycles. The van der Waals surface area contributed by atoms with Crippen LogP contribution in [0.5, 0.6) is 11.5 Å². The van der Waals surface area contributed by atoms with Crippen LogP contribution in [0.2, 0.25) is 0 Å². The standard InChI is InChI=1S/C19H19NO4S/c1-20(16-9-8-14-6-4-5-7-15(14)12-16)25(21,22)17-10-11-18(23-2)19(13-17)24-3/h4-13H,1-3H3. The molecule has 0 bridgehead atoms. The molecule has 25 heavy (non-hydrogen) atoms. The van der Waals surface area contributed by atoms with Gasteiger partial charge in [0.2, 0.25) is 0 Å². The number of ether oxygens (including phenoxy) is 2. The van der Waals surface area contributed by atoms with Crippen LogP contribution in [0.1, 0.15) is 0 Å². The second-order valence-electron chi connectivity index (χ2n) is 5.52. The summed E-state index contributed by atoms with van der Waals surface area (Å²) in [6.45, 7) is 0. The fourth-order valence-corrected chi connectivity index (χ4v) is 3.85. The molecule has 6 heteroatoms. The van der Waals surface area contributed by atoms with Crippen LogP contribution in [0.15, 0.2) is 65.6 Å². The van der Waals surface area contributed by atoms with Gasteiger partial charge >= 0.3 is 0 Å². The highest BCUT2D eigenvalue weighted by Gasteiger charge is 2.23. The Kier molecular flexibility index (Phi) is 4.55. The van der Waals surface area contributed by atoms with E-state index in [1.54, 1.807) is 12.1 Å². The van der Waals surface area contributed by atoms with Crippen LogP contribution in [0.4, 0.5) is 5.69 Å². The monoisotopic (exact) mass is 357 g/mol. The van der Waals surface area contributed by atoms with Crippen molar-refractivity contribution in [2.24, 2.45) is 0 Å². The molecule has 3 rings (SSSR count).